The van der Waals surface area contributed by atoms with E-state index in [1.807, 2.05) is 18.2 Å². The highest BCUT2D eigenvalue weighted by molar-refractivity contribution is 6.35. The minimum atomic E-state index is 0.107. The van der Waals surface area contributed by atoms with Gasteiger partial charge in [0.05, 0.1) is 22.1 Å². The van der Waals surface area contributed by atoms with Crippen molar-refractivity contribution in [1.82, 2.24) is 14.9 Å². The molecule has 2 aromatic rings. The Morgan fingerprint density at radius 2 is 2.30 bits per heavy atom. The fraction of sp³-hybridized carbons (Fsp3) is 0.429. The summed E-state index contributed by atoms with van der Waals surface area (Å²) in [5, 5.41) is 3.60. The third kappa shape index (κ3) is 2.38. The van der Waals surface area contributed by atoms with Gasteiger partial charge in [-0.3, -0.25) is 4.79 Å². The minimum Gasteiger partial charge on any atom is -0.354 e. The highest BCUT2D eigenvalue weighted by atomic mass is 35.5. The SMILES string of the molecule is O=C1CCC(n2c(CCCl)nc3cccc(Cl)c32)CN1. The van der Waals surface area contributed by atoms with E-state index in [-0.39, 0.29) is 11.9 Å². The van der Waals surface area contributed by atoms with Crippen molar-refractivity contribution in [2.45, 2.75) is 25.3 Å². The van der Waals surface area contributed by atoms with Gasteiger partial charge in [0, 0.05) is 25.3 Å². The van der Waals surface area contributed by atoms with Crippen LogP contribution in [-0.4, -0.2) is 27.9 Å². The van der Waals surface area contributed by atoms with E-state index in [1.165, 1.54) is 0 Å². The summed E-state index contributed by atoms with van der Waals surface area (Å²) >= 11 is 12.2. The molecule has 6 heteroatoms. The van der Waals surface area contributed by atoms with Crippen LogP contribution in [0, 0.1) is 0 Å². The maximum atomic E-state index is 11.3. The quantitative estimate of drug-likeness (QED) is 0.886. The molecule has 106 valence electrons. The van der Waals surface area contributed by atoms with Gasteiger partial charge in [-0.15, -0.1) is 11.6 Å². The van der Waals surface area contributed by atoms with Gasteiger partial charge in [-0.25, -0.2) is 4.98 Å². The molecule has 1 amide bonds. The second-order valence-corrected chi connectivity index (χ2v) is 5.73. The van der Waals surface area contributed by atoms with Crippen LogP contribution in [0.3, 0.4) is 0 Å². The molecular weight excluding hydrogens is 297 g/mol. The Balaban J connectivity index is 2.10. The maximum absolute atomic E-state index is 11.3. The largest absolute Gasteiger partial charge is 0.354 e. The lowest BCUT2D eigenvalue weighted by Crippen LogP contribution is -2.36. The summed E-state index contributed by atoms with van der Waals surface area (Å²) in [6, 6.07) is 5.91. The Morgan fingerprint density at radius 1 is 1.45 bits per heavy atom. The first-order valence-corrected chi connectivity index (χ1v) is 7.60. The van der Waals surface area contributed by atoms with Crippen LogP contribution >= 0.6 is 23.2 Å². The normalized spacial score (nSPS) is 19.3. The number of aryl methyl sites for hydroxylation is 1. The smallest absolute Gasteiger partial charge is 0.220 e. The Labute approximate surface area is 127 Å². The van der Waals surface area contributed by atoms with E-state index >= 15 is 0 Å². The average Bonchev–Trinajstić information content (AvgIpc) is 2.80. The second-order valence-electron chi connectivity index (χ2n) is 4.94. The number of aromatic nitrogens is 2. The molecule has 2 heterocycles. The summed E-state index contributed by atoms with van der Waals surface area (Å²) in [5.74, 6) is 1.56. The van der Waals surface area contributed by atoms with Gasteiger partial charge >= 0.3 is 0 Å². The van der Waals surface area contributed by atoms with Gasteiger partial charge in [0.15, 0.2) is 0 Å². The predicted octanol–water partition coefficient (Wildman–Crippen LogP) is 2.92. The molecule has 0 spiro atoms. The summed E-state index contributed by atoms with van der Waals surface area (Å²) in [6.07, 6.45) is 2.03. The van der Waals surface area contributed by atoms with Gasteiger partial charge in [-0.05, 0) is 18.6 Å². The predicted molar refractivity (Wildman–Crippen MR) is 80.4 cm³/mol. The third-order valence-electron chi connectivity index (χ3n) is 3.66. The number of hydrogen-bond donors (Lipinski definition) is 1. The lowest BCUT2D eigenvalue weighted by Gasteiger charge is -2.26. The topological polar surface area (TPSA) is 46.9 Å². The van der Waals surface area contributed by atoms with Crippen LogP contribution in [0.5, 0.6) is 0 Å². The first kappa shape index (κ1) is 13.7. The maximum Gasteiger partial charge on any atom is 0.220 e. The van der Waals surface area contributed by atoms with Crippen molar-refractivity contribution in [3.05, 3.63) is 29.0 Å². The molecule has 1 atom stereocenters. The molecule has 0 aliphatic carbocycles. The van der Waals surface area contributed by atoms with Crippen molar-refractivity contribution in [2.75, 3.05) is 12.4 Å². The van der Waals surface area contributed by atoms with E-state index in [4.69, 9.17) is 23.2 Å². The number of nitrogens with zero attached hydrogens (tertiary/aromatic N) is 2. The van der Waals surface area contributed by atoms with E-state index in [1.54, 1.807) is 0 Å². The molecule has 1 unspecified atom stereocenters. The zero-order valence-electron chi connectivity index (χ0n) is 10.9. The van der Waals surface area contributed by atoms with Gasteiger partial charge in [0.25, 0.3) is 0 Å². The van der Waals surface area contributed by atoms with E-state index in [0.29, 0.717) is 30.3 Å². The Hall–Kier alpha value is -1.26. The number of benzene rings is 1. The van der Waals surface area contributed by atoms with E-state index in [9.17, 15) is 4.79 Å². The number of nitrogens with one attached hydrogen (secondary N) is 1. The number of alkyl halides is 1. The van der Waals surface area contributed by atoms with Crippen LogP contribution in [0.4, 0.5) is 0 Å². The molecule has 1 aliphatic heterocycles. The number of rotatable bonds is 3. The Bertz CT molecular complexity index is 643. The number of amides is 1. The highest BCUT2D eigenvalue weighted by Crippen LogP contribution is 2.30. The van der Waals surface area contributed by atoms with Crippen molar-refractivity contribution in [2.24, 2.45) is 0 Å². The van der Waals surface area contributed by atoms with Crippen LogP contribution < -0.4 is 5.32 Å². The number of imidazole rings is 1. The van der Waals surface area contributed by atoms with Crippen molar-refractivity contribution in [3.63, 3.8) is 0 Å². The zero-order chi connectivity index (χ0) is 14.1. The molecule has 3 rings (SSSR count). The molecule has 1 aromatic carbocycles. The van der Waals surface area contributed by atoms with Gasteiger partial charge in [-0.2, -0.15) is 0 Å². The summed E-state index contributed by atoms with van der Waals surface area (Å²) < 4.78 is 2.15. The number of piperidine rings is 1. The van der Waals surface area contributed by atoms with Crippen molar-refractivity contribution < 1.29 is 4.79 Å². The summed E-state index contributed by atoms with van der Waals surface area (Å²) in [6.45, 7) is 0.616. The van der Waals surface area contributed by atoms with Crippen LogP contribution in [0.2, 0.25) is 5.02 Å². The molecule has 1 fully saturated rings. The number of halogens is 2. The Kier molecular flexibility index (Phi) is 3.85. The third-order valence-corrected chi connectivity index (χ3v) is 4.15. The number of fused-ring (bicyclic) bond motifs is 1. The highest BCUT2D eigenvalue weighted by Gasteiger charge is 2.24. The van der Waals surface area contributed by atoms with Crippen molar-refractivity contribution in [3.8, 4) is 0 Å². The number of para-hydroxylation sites is 1. The molecule has 1 aromatic heterocycles. The van der Waals surface area contributed by atoms with Gasteiger partial charge in [0.1, 0.15) is 5.82 Å². The molecule has 0 bridgehead atoms. The van der Waals surface area contributed by atoms with Gasteiger partial charge in [-0.1, -0.05) is 17.7 Å². The molecular formula is C14H15Cl2N3O. The lowest BCUT2D eigenvalue weighted by molar-refractivity contribution is -0.122. The zero-order valence-corrected chi connectivity index (χ0v) is 12.4. The molecule has 1 saturated heterocycles. The number of hydrogen-bond acceptors (Lipinski definition) is 2. The summed E-state index contributed by atoms with van der Waals surface area (Å²) in [5.41, 5.74) is 1.82. The van der Waals surface area contributed by atoms with Crippen LogP contribution in [0.1, 0.15) is 24.7 Å². The Morgan fingerprint density at radius 3 is 3.00 bits per heavy atom. The fourth-order valence-electron chi connectivity index (χ4n) is 2.75. The van der Waals surface area contributed by atoms with Crippen LogP contribution in [0.25, 0.3) is 11.0 Å². The first-order valence-electron chi connectivity index (χ1n) is 6.68. The van der Waals surface area contributed by atoms with E-state index in [0.717, 1.165) is 23.3 Å². The average molecular weight is 312 g/mol. The van der Waals surface area contributed by atoms with E-state index in [2.05, 4.69) is 14.9 Å². The molecule has 20 heavy (non-hydrogen) atoms. The fourth-order valence-corrected chi connectivity index (χ4v) is 3.18. The molecule has 1 N–H and O–H groups in total. The van der Waals surface area contributed by atoms with Crippen molar-refractivity contribution in [1.29, 1.82) is 0 Å². The number of carbonyl (C=O) groups is 1. The molecule has 4 nitrogen and oxygen atoms in total. The monoisotopic (exact) mass is 311 g/mol. The van der Waals surface area contributed by atoms with Crippen LogP contribution in [-0.2, 0) is 11.2 Å². The number of carbonyl (C=O) groups excluding carboxylic acids is 1. The van der Waals surface area contributed by atoms with Crippen LogP contribution in [0.15, 0.2) is 18.2 Å². The van der Waals surface area contributed by atoms with Gasteiger partial charge < -0.3 is 9.88 Å². The standard InChI is InChI=1S/C14H15Cl2N3O/c15-7-6-12-18-11-3-1-2-10(16)14(11)19(12)9-4-5-13(20)17-8-9/h1-3,9H,4-8H2,(H,17,20). The summed E-state index contributed by atoms with van der Waals surface area (Å²) in [7, 11) is 0. The molecule has 0 saturated carbocycles. The molecule has 0 radical (unpaired) electrons. The first-order chi connectivity index (χ1) is 9.70. The lowest BCUT2D eigenvalue weighted by atomic mass is 10.1. The van der Waals surface area contributed by atoms with Crippen molar-refractivity contribution >= 4 is 40.1 Å². The second kappa shape index (κ2) is 5.62. The minimum absolute atomic E-state index is 0.107. The van der Waals surface area contributed by atoms with E-state index < -0.39 is 0 Å². The molecule has 1 aliphatic rings. The summed E-state index contributed by atoms with van der Waals surface area (Å²) in [4.78, 5) is 16.0. The van der Waals surface area contributed by atoms with Gasteiger partial charge in [0.2, 0.25) is 5.91 Å².